The number of nitrogens with zero attached hydrogens (tertiary/aromatic N) is 2. The van der Waals surface area contributed by atoms with Crippen molar-refractivity contribution in [2.24, 2.45) is 0 Å². The average molecular weight is 250 g/mol. The van der Waals surface area contributed by atoms with Gasteiger partial charge < -0.3 is 5.32 Å². The Morgan fingerprint density at radius 2 is 2.38 bits per heavy atom. The molecule has 1 aromatic heterocycles. The van der Waals surface area contributed by atoms with Gasteiger partial charge in [-0.3, -0.25) is 0 Å². The van der Waals surface area contributed by atoms with Crippen LogP contribution in [-0.4, -0.2) is 4.98 Å². The standard InChI is InChI=1S/C11H8ClN3S/c12-9-2-1-8(4-13)11(3-9)14-5-10-6-16-7-15-10/h1-3,6-7,14H,5H2. The Morgan fingerprint density at radius 1 is 1.50 bits per heavy atom. The van der Waals surface area contributed by atoms with Crippen molar-refractivity contribution in [2.45, 2.75) is 6.54 Å². The van der Waals surface area contributed by atoms with Gasteiger partial charge in [-0.25, -0.2) is 4.98 Å². The second-order valence-corrected chi connectivity index (χ2v) is 4.29. The van der Waals surface area contributed by atoms with Crippen LogP contribution in [0.25, 0.3) is 0 Å². The molecule has 80 valence electrons. The van der Waals surface area contributed by atoms with Crippen molar-refractivity contribution >= 4 is 28.6 Å². The first kappa shape index (κ1) is 10.9. The van der Waals surface area contributed by atoms with E-state index in [1.165, 1.54) is 0 Å². The summed E-state index contributed by atoms with van der Waals surface area (Å²) in [7, 11) is 0. The molecule has 0 spiro atoms. The van der Waals surface area contributed by atoms with Gasteiger partial charge in [-0.1, -0.05) is 11.6 Å². The zero-order valence-corrected chi connectivity index (χ0v) is 9.85. The molecule has 0 fully saturated rings. The van der Waals surface area contributed by atoms with Crippen molar-refractivity contribution in [1.29, 1.82) is 5.26 Å². The van der Waals surface area contributed by atoms with E-state index in [2.05, 4.69) is 16.4 Å². The molecule has 3 nitrogen and oxygen atoms in total. The third kappa shape index (κ3) is 2.51. The Labute approximate surface area is 102 Å². The molecular weight excluding hydrogens is 242 g/mol. The lowest BCUT2D eigenvalue weighted by Gasteiger charge is -2.06. The molecule has 1 heterocycles. The third-order valence-electron chi connectivity index (χ3n) is 2.05. The summed E-state index contributed by atoms with van der Waals surface area (Å²) < 4.78 is 0. The molecule has 0 aliphatic carbocycles. The number of aromatic nitrogens is 1. The summed E-state index contributed by atoms with van der Waals surface area (Å²) in [4.78, 5) is 4.15. The van der Waals surface area contributed by atoms with Crippen LogP contribution in [0.15, 0.2) is 29.1 Å². The van der Waals surface area contributed by atoms with Crippen LogP contribution in [0.5, 0.6) is 0 Å². The highest BCUT2D eigenvalue weighted by Crippen LogP contribution is 2.20. The van der Waals surface area contributed by atoms with Crippen molar-refractivity contribution in [2.75, 3.05) is 5.32 Å². The molecule has 0 aliphatic heterocycles. The topological polar surface area (TPSA) is 48.7 Å². The maximum absolute atomic E-state index is 8.92. The monoisotopic (exact) mass is 249 g/mol. The van der Waals surface area contributed by atoms with E-state index < -0.39 is 0 Å². The van der Waals surface area contributed by atoms with Crippen molar-refractivity contribution in [3.8, 4) is 6.07 Å². The number of anilines is 1. The first-order valence-electron chi connectivity index (χ1n) is 4.60. The zero-order valence-electron chi connectivity index (χ0n) is 8.27. The van der Waals surface area contributed by atoms with Gasteiger partial charge in [-0.05, 0) is 18.2 Å². The molecule has 2 rings (SSSR count). The fourth-order valence-electron chi connectivity index (χ4n) is 1.27. The van der Waals surface area contributed by atoms with Gasteiger partial charge in [-0.2, -0.15) is 5.26 Å². The molecule has 0 saturated carbocycles. The van der Waals surface area contributed by atoms with Crippen LogP contribution in [0, 0.1) is 11.3 Å². The van der Waals surface area contributed by atoms with Crippen molar-refractivity contribution in [3.05, 3.63) is 45.4 Å². The predicted molar refractivity (Wildman–Crippen MR) is 65.6 cm³/mol. The Hall–Kier alpha value is -1.57. The molecule has 1 aromatic carbocycles. The molecular formula is C11H8ClN3S. The SMILES string of the molecule is N#Cc1ccc(Cl)cc1NCc1cscn1. The normalized spacial score (nSPS) is 9.75. The molecule has 0 radical (unpaired) electrons. The molecule has 0 unspecified atom stereocenters. The third-order valence-corrected chi connectivity index (χ3v) is 2.92. The van der Waals surface area contributed by atoms with Crippen molar-refractivity contribution in [3.63, 3.8) is 0 Å². The highest BCUT2D eigenvalue weighted by atomic mass is 35.5. The molecule has 1 N–H and O–H groups in total. The lowest BCUT2D eigenvalue weighted by Crippen LogP contribution is -2.01. The fraction of sp³-hybridized carbons (Fsp3) is 0.0909. The fourth-order valence-corrected chi connectivity index (χ4v) is 2.00. The van der Waals surface area contributed by atoms with E-state index in [-0.39, 0.29) is 0 Å². The van der Waals surface area contributed by atoms with E-state index in [0.717, 1.165) is 11.4 Å². The summed E-state index contributed by atoms with van der Waals surface area (Å²) in [5.74, 6) is 0. The average Bonchev–Trinajstić information content (AvgIpc) is 2.79. The number of nitriles is 1. The minimum Gasteiger partial charge on any atom is -0.378 e. The van der Waals surface area contributed by atoms with Crippen LogP contribution >= 0.6 is 22.9 Å². The van der Waals surface area contributed by atoms with Gasteiger partial charge in [0.05, 0.1) is 29.0 Å². The first-order chi connectivity index (χ1) is 7.79. The van der Waals surface area contributed by atoms with E-state index in [4.69, 9.17) is 16.9 Å². The van der Waals surface area contributed by atoms with E-state index in [1.807, 2.05) is 5.38 Å². The van der Waals surface area contributed by atoms with Gasteiger partial charge in [0, 0.05) is 10.4 Å². The molecule has 0 saturated heterocycles. The summed E-state index contributed by atoms with van der Waals surface area (Å²) in [6.07, 6.45) is 0. The predicted octanol–water partition coefficient (Wildman–Crippen LogP) is 3.28. The Bertz CT molecular complexity index is 517. The quantitative estimate of drug-likeness (QED) is 0.908. The van der Waals surface area contributed by atoms with Gasteiger partial charge in [0.2, 0.25) is 0 Å². The van der Waals surface area contributed by atoms with Crippen LogP contribution < -0.4 is 5.32 Å². The number of nitrogens with one attached hydrogen (secondary N) is 1. The number of benzene rings is 1. The lowest BCUT2D eigenvalue weighted by atomic mass is 10.2. The zero-order chi connectivity index (χ0) is 11.4. The van der Waals surface area contributed by atoms with E-state index in [9.17, 15) is 0 Å². The van der Waals surface area contributed by atoms with Gasteiger partial charge in [-0.15, -0.1) is 11.3 Å². The Morgan fingerprint density at radius 3 is 3.06 bits per heavy atom. The maximum Gasteiger partial charge on any atom is 0.101 e. The second-order valence-electron chi connectivity index (χ2n) is 3.14. The first-order valence-corrected chi connectivity index (χ1v) is 5.92. The van der Waals surface area contributed by atoms with Crippen LogP contribution in [0.1, 0.15) is 11.3 Å². The smallest absolute Gasteiger partial charge is 0.101 e. The van der Waals surface area contributed by atoms with Gasteiger partial charge >= 0.3 is 0 Å². The number of hydrogen-bond acceptors (Lipinski definition) is 4. The van der Waals surface area contributed by atoms with E-state index >= 15 is 0 Å². The molecule has 0 bridgehead atoms. The van der Waals surface area contributed by atoms with Crippen molar-refractivity contribution in [1.82, 2.24) is 4.98 Å². The number of thiazole rings is 1. The van der Waals surface area contributed by atoms with E-state index in [0.29, 0.717) is 17.1 Å². The van der Waals surface area contributed by atoms with Gasteiger partial charge in [0.1, 0.15) is 6.07 Å². The largest absolute Gasteiger partial charge is 0.378 e. The summed E-state index contributed by atoms with van der Waals surface area (Å²) in [6.45, 7) is 0.596. The van der Waals surface area contributed by atoms with E-state index in [1.54, 1.807) is 35.0 Å². The molecule has 0 atom stereocenters. The lowest BCUT2D eigenvalue weighted by molar-refractivity contribution is 1.07. The molecule has 5 heteroatoms. The highest BCUT2D eigenvalue weighted by Gasteiger charge is 2.03. The highest BCUT2D eigenvalue weighted by molar-refractivity contribution is 7.07. The number of hydrogen-bond donors (Lipinski definition) is 1. The molecule has 0 amide bonds. The minimum absolute atomic E-state index is 0.583. The Kier molecular flexibility index (Phi) is 3.40. The summed E-state index contributed by atoms with van der Waals surface area (Å²) in [5.41, 5.74) is 4.05. The maximum atomic E-state index is 8.92. The summed E-state index contributed by atoms with van der Waals surface area (Å²) >= 11 is 7.42. The number of halogens is 1. The van der Waals surface area contributed by atoms with Crippen LogP contribution in [0.2, 0.25) is 5.02 Å². The van der Waals surface area contributed by atoms with Gasteiger partial charge in [0.25, 0.3) is 0 Å². The minimum atomic E-state index is 0.583. The van der Waals surface area contributed by atoms with Crippen LogP contribution in [0.3, 0.4) is 0 Å². The Balaban J connectivity index is 2.15. The van der Waals surface area contributed by atoms with Crippen LogP contribution in [0.4, 0.5) is 5.69 Å². The van der Waals surface area contributed by atoms with Crippen molar-refractivity contribution < 1.29 is 0 Å². The summed E-state index contributed by atoms with van der Waals surface area (Å²) in [5, 5.41) is 14.6. The van der Waals surface area contributed by atoms with Gasteiger partial charge in [0.15, 0.2) is 0 Å². The molecule has 2 aromatic rings. The second kappa shape index (κ2) is 4.97. The molecule has 0 aliphatic rings. The molecule has 16 heavy (non-hydrogen) atoms. The van der Waals surface area contributed by atoms with Crippen LogP contribution in [-0.2, 0) is 6.54 Å². The number of rotatable bonds is 3. The summed E-state index contributed by atoms with van der Waals surface area (Å²) in [6, 6.07) is 7.26.